The minimum absolute atomic E-state index is 0.258. The highest BCUT2D eigenvalue weighted by atomic mass is 31.1. The number of hydrogen-bond acceptors (Lipinski definition) is 2. The van der Waals surface area contributed by atoms with E-state index < -0.39 is 7.92 Å². The van der Waals surface area contributed by atoms with E-state index >= 15 is 0 Å². The number of carbonyl (C=O) groups excluding carboxylic acids is 1. The van der Waals surface area contributed by atoms with Crippen molar-refractivity contribution in [2.24, 2.45) is 0 Å². The normalized spacial score (nSPS) is 17.4. The van der Waals surface area contributed by atoms with Crippen LogP contribution in [0.1, 0.15) is 13.8 Å². The first-order chi connectivity index (χ1) is 12.2. The van der Waals surface area contributed by atoms with Crippen LogP contribution in [0.2, 0.25) is 0 Å². The average Bonchev–Trinajstić information content (AvgIpc) is 2.64. The van der Waals surface area contributed by atoms with Crippen LogP contribution < -0.4 is 10.6 Å². The summed E-state index contributed by atoms with van der Waals surface area (Å²) >= 11 is 0. The van der Waals surface area contributed by atoms with E-state index in [1.54, 1.807) is 0 Å². The van der Waals surface area contributed by atoms with Crippen LogP contribution in [-0.4, -0.2) is 12.1 Å². The summed E-state index contributed by atoms with van der Waals surface area (Å²) in [5.74, 6) is 0.808. The molecule has 1 fully saturated rings. The standard InChI is InChI=1S/C22H21O2P/c1-17(24-18(2)23)21-15-9-10-16-22(21)25(19-11-5-3-6-12-19)20-13-7-4-8-14-20/h3-17H,1-2H3. The van der Waals surface area contributed by atoms with E-state index in [1.165, 1.54) is 23.2 Å². The van der Waals surface area contributed by atoms with Crippen LogP contribution in [0.3, 0.4) is 0 Å². The van der Waals surface area contributed by atoms with Crippen LogP contribution in [0.25, 0.3) is 0 Å². The third kappa shape index (κ3) is 4.50. The Labute approximate surface area is 152 Å². The van der Waals surface area contributed by atoms with Gasteiger partial charge in [0.1, 0.15) is 6.10 Å². The van der Waals surface area contributed by atoms with Crippen molar-refractivity contribution in [3.05, 3.63) is 97.9 Å². The molecule has 3 rings (SSSR count). The maximum Gasteiger partial charge on any atom is 0.302 e. The summed E-state index contributed by atoms with van der Waals surface area (Å²) in [5, 5.41) is 2.57. The van der Waals surface area contributed by atoms with Gasteiger partial charge in [-0.25, -0.2) is 0 Å². The van der Waals surface area contributed by atoms with Crippen molar-refractivity contribution in [1.82, 2.24) is 0 Å². The van der Waals surface area contributed by atoms with E-state index in [0.717, 1.165) is 5.92 Å². The van der Waals surface area contributed by atoms with Crippen LogP contribution in [0.5, 0.6) is 0 Å². The second-order valence-corrected chi connectivity index (χ2v) is 8.00. The molecule has 0 spiro atoms. The molecule has 1 aliphatic carbocycles. The fourth-order valence-electron chi connectivity index (χ4n) is 2.93. The first kappa shape index (κ1) is 18.1. The molecule has 0 bridgehead atoms. The maximum absolute atomic E-state index is 11.4. The highest BCUT2D eigenvalue weighted by molar-refractivity contribution is 7.76. The maximum atomic E-state index is 11.4. The predicted molar refractivity (Wildman–Crippen MR) is 104 cm³/mol. The van der Waals surface area contributed by atoms with Crippen LogP contribution in [-0.2, 0) is 9.53 Å². The second-order valence-electron chi connectivity index (χ2n) is 5.82. The Morgan fingerprint density at radius 2 is 1.40 bits per heavy atom. The quantitative estimate of drug-likeness (QED) is 0.603. The van der Waals surface area contributed by atoms with Crippen molar-refractivity contribution in [1.29, 1.82) is 0 Å². The Kier molecular flexibility index (Phi) is 6.26. The molecule has 6 radical (unpaired) electrons. The van der Waals surface area contributed by atoms with Crippen molar-refractivity contribution in [3.8, 4) is 0 Å². The molecule has 1 saturated carbocycles. The monoisotopic (exact) mass is 348 g/mol. The molecule has 0 saturated heterocycles. The molecule has 0 aromatic heterocycles. The van der Waals surface area contributed by atoms with Crippen LogP contribution in [0, 0.1) is 37.3 Å². The number of rotatable bonds is 5. The smallest absolute Gasteiger partial charge is 0.302 e. The Bertz CT molecular complexity index is 631. The molecule has 0 N–H and O–H groups in total. The topological polar surface area (TPSA) is 26.3 Å². The lowest BCUT2D eigenvalue weighted by Gasteiger charge is -2.38. The first-order valence-corrected chi connectivity index (χ1v) is 9.67. The molecule has 2 aromatic rings. The molecule has 0 aliphatic heterocycles. The Hall–Kier alpha value is -1.66. The lowest BCUT2D eigenvalue weighted by Crippen LogP contribution is -2.32. The number of carbonyl (C=O) groups is 1. The summed E-state index contributed by atoms with van der Waals surface area (Å²) < 4.78 is 5.47. The summed E-state index contributed by atoms with van der Waals surface area (Å²) in [6, 6.07) is 21.1. The third-order valence-electron chi connectivity index (χ3n) is 3.99. The predicted octanol–water partition coefficient (Wildman–Crippen LogP) is 4.01. The van der Waals surface area contributed by atoms with Gasteiger partial charge in [-0.15, -0.1) is 0 Å². The Morgan fingerprint density at radius 3 is 1.92 bits per heavy atom. The number of hydrogen-bond donors (Lipinski definition) is 0. The third-order valence-corrected chi connectivity index (χ3v) is 6.51. The van der Waals surface area contributed by atoms with Gasteiger partial charge >= 0.3 is 5.97 Å². The van der Waals surface area contributed by atoms with E-state index in [-0.39, 0.29) is 12.1 Å². The van der Waals surface area contributed by atoms with Gasteiger partial charge in [-0.2, -0.15) is 0 Å². The molecule has 1 atom stereocenters. The molecular formula is C22H21O2P. The second kappa shape index (κ2) is 8.63. The minimum atomic E-state index is -0.716. The fourth-order valence-corrected chi connectivity index (χ4v) is 5.47. The van der Waals surface area contributed by atoms with Gasteiger partial charge < -0.3 is 4.74 Å². The van der Waals surface area contributed by atoms with Crippen molar-refractivity contribution in [2.75, 3.05) is 0 Å². The number of benzene rings is 2. The van der Waals surface area contributed by atoms with Gasteiger partial charge in [0.25, 0.3) is 0 Å². The van der Waals surface area contributed by atoms with Crippen molar-refractivity contribution in [3.63, 3.8) is 0 Å². The molecule has 1 unspecified atom stereocenters. The zero-order valence-corrected chi connectivity index (χ0v) is 15.3. The number of esters is 1. The van der Waals surface area contributed by atoms with Crippen molar-refractivity contribution in [2.45, 2.75) is 20.0 Å². The van der Waals surface area contributed by atoms with Gasteiger partial charge in [0.2, 0.25) is 0 Å². The molecule has 1 aliphatic rings. The van der Waals surface area contributed by atoms with Crippen molar-refractivity contribution < 1.29 is 9.53 Å². The summed E-state index contributed by atoms with van der Waals surface area (Å²) in [5.41, 5.74) is 1.23. The van der Waals surface area contributed by atoms with Gasteiger partial charge in [0.15, 0.2) is 0 Å². The average molecular weight is 348 g/mol. The van der Waals surface area contributed by atoms with E-state index in [0.29, 0.717) is 0 Å². The summed E-state index contributed by atoms with van der Waals surface area (Å²) in [6.07, 6.45) is 8.00. The zero-order chi connectivity index (χ0) is 17.6. The van der Waals surface area contributed by atoms with E-state index in [9.17, 15) is 4.79 Å². The van der Waals surface area contributed by atoms with Gasteiger partial charge in [-0.1, -0.05) is 60.7 Å². The summed E-state index contributed by atoms with van der Waals surface area (Å²) in [7, 11) is -0.716. The lowest BCUT2D eigenvalue weighted by molar-refractivity contribution is -0.144. The van der Waals surface area contributed by atoms with Gasteiger partial charge in [0, 0.05) is 18.5 Å². The van der Waals surface area contributed by atoms with Gasteiger partial charge in [0.05, 0.1) is 0 Å². The SMILES string of the molecule is CC(=O)OC(C)[C]1[CH][CH][CH][CH][C]1P(c1ccccc1)c1ccccc1. The molecule has 0 heterocycles. The van der Waals surface area contributed by atoms with E-state index in [2.05, 4.69) is 67.8 Å². The van der Waals surface area contributed by atoms with Gasteiger partial charge in [-0.3, -0.25) is 4.79 Å². The van der Waals surface area contributed by atoms with E-state index in [4.69, 9.17) is 4.74 Å². The molecule has 2 nitrogen and oxygen atoms in total. The van der Waals surface area contributed by atoms with Crippen LogP contribution in [0.4, 0.5) is 0 Å². The number of ether oxygens (including phenoxy) is 1. The highest BCUT2D eigenvalue weighted by Gasteiger charge is 2.39. The molecular weight excluding hydrogens is 327 g/mol. The Morgan fingerprint density at radius 1 is 0.880 bits per heavy atom. The lowest BCUT2D eigenvalue weighted by atomic mass is 9.85. The largest absolute Gasteiger partial charge is 0.462 e. The summed E-state index contributed by atoms with van der Waals surface area (Å²) in [6.45, 7) is 3.39. The highest BCUT2D eigenvalue weighted by Crippen LogP contribution is 2.55. The Balaban J connectivity index is 1.97. The molecule has 25 heavy (non-hydrogen) atoms. The summed E-state index contributed by atoms with van der Waals surface area (Å²) in [4.78, 5) is 11.4. The van der Waals surface area contributed by atoms with E-state index in [1.807, 2.05) is 25.5 Å². The van der Waals surface area contributed by atoms with Crippen LogP contribution in [0.15, 0.2) is 60.7 Å². The van der Waals surface area contributed by atoms with Crippen molar-refractivity contribution >= 4 is 24.5 Å². The first-order valence-electron chi connectivity index (χ1n) is 8.33. The molecule has 3 heteroatoms. The molecule has 0 amide bonds. The van der Waals surface area contributed by atoms with Gasteiger partial charge in [-0.05, 0) is 51.1 Å². The fraction of sp³-hybridized carbons (Fsp3) is 0.136. The minimum Gasteiger partial charge on any atom is -0.462 e. The zero-order valence-electron chi connectivity index (χ0n) is 14.4. The van der Waals surface area contributed by atoms with Crippen LogP contribution >= 0.6 is 7.92 Å². The molecule has 126 valence electrons. The molecule has 2 aromatic carbocycles.